The number of thioether (sulfide) groups is 1. The molecule has 2 rings (SSSR count). The van der Waals surface area contributed by atoms with Crippen LogP contribution in [0.1, 0.15) is 33.7 Å². The number of aromatic nitrogens is 2. The standard InChI is InChI=1S/C18H25N3O2S/c1-13-9-14(2)21(20-13)11-15-5-4-6-16(10-15)18(23)19-17(7-8-22)12-24-3/h4-6,9-10,17,22H,7-8,11-12H2,1-3H3,(H,19,23). The van der Waals surface area contributed by atoms with Crippen LogP contribution in [0.25, 0.3) is 0 Å². The largest absolute Gasteiger partial charge is 0.396 e. The van der Waals surface area contributed by atoms with Crippen LogP contribution in [0.2, 0.25) is 0 Å². The van der Waals surface area contributed by atoms with E-state index in [0.29, 0.717) is 18.5 Å². The fraction of sp³-hybridized carbons (Fsp3) is 0.444. The lowest BCUT2D eigenvalue weighted by molar-refractivity contribution is 0.0935. The molecule has 0 saturated carbocycles. The number of nitrogens with one attached hydrogen (secondary N) is 1. The fourth-order valence-corrected chi connectivity index (χ4v) is 3.29. The highest BCUT2D eigenvalue weighted by Crippen LogP contribution is 2.11. The van der Waals surface area contributed by atoms with Gasteiger partial charge in [-0.05, 0) is 50.3 Å². The molecule has 1 aromatic carbocycles. The molecule has 0 aliphatic heterocycles. The van der Waals surface area contributed by atoms with Gasteiger partial charge in [0.15, 0.2) is 0 Å². The minimum absolute atomic E-state index is 0.0165. The first-order valence-electron chi connectivity index (χ1n) is 8.04. The van der Waals surface area contributed by atoms with Crippen LogP contribution in [0.3, 0.4) is 0 Å². The third-order valence-electron chi connectivity index (χ3n) is 3.81. The lowest BCUT2D eigenvalue weighted by Gasteiger charge is -2.17. The highest BCUT2D eigenvalue weighted by Gasteiger charge is 2.13. The second-order valence-electron chi connectivity index (χ2n) is 5.92. The van der Waals surface area contributed by atoms with Crippen LogP contribution in [0, 0.1) is 13.8 Å². The van der Waals surface area contributed by atoms with Crippen LogP contribution < -0.4 is 5.32 Å². The summed E-state index contributed by atoms with van der Waals surface area (Å²) in [5.41, 5.74) is 3.77. The van der Waals surface area contributed by atoms with Crippen LogP contribution >= 0.6 is 11.8 Å². The molecule has 0 radical (unpaired) electrons. The van der Waals surface area contributed by atoms with E-state index in [0.717, 1.165) is 22.7 Å². The minimum Gasteiger partial charge on any atom is -0.396 e. The van der Waals surface area contributed by atoms with Crippen molar-refractivity contribution >= 4 is 17.7 Å². The Morgan fingerprint density at radius 1 is 1.38 bits per heavy atom. The Balaban J connectivity index is 2.08. The average Bonchev–Trinajstić information content (AvgIpc) is 2.85. The normalized spacial score (nSPS) is 12.2. The second-order valence-corrected chi connectivity index (χ2v) is 6.83. The molecule has 1 aromatic heterocycles. The van der Waals surface area contributed by atoms with Gasteiger partial charge in [-0.1, -0.05) is 12.1 Å². The van der Waals surface area contributed by atoms with Gasteiger partial charge in [-0.25, -0.2) is 0 Å². The van der Waals surface area contributed by atoms with Crippen LogP contribution in [-0.4, -0.2) is 45.5 Å². The van der Waals surface area contributed by atoms with Crippen molar-refractivity contribution < 1.29 is 9.90 Å². The Labute approximate surface area is 147 Å². The van der Waals surface area contributed by atoms with E-state index in [1.807, 2.05) is 55.1 Å². The maximum Gasteiger partial charge on any atom is 0.251 e. The average molecular weight is 347 g/mol. The quantitative estimate of drug-likeness (QED) is 0.769. The molecule has 0 bridgehead atoms. The molecule has 6 heteroatoms. The Morgan fingerprint density at radius 3 is 2.79 bits per heavy atom. The maximum absolute atomic E-state index is 12.5. The minimum atomic E-state index is -0.0993. The first-order chi connectivity index (χ1) is 11.5. The Kier molecular flexibility index (Phi) is 6.87. The van der Waals surface area contributed by atoms with E-state index < -0.39 is 0 Å². The zero-order chi connectivity index (χ0) is 17.5. The van der Waals surface area contributed by atoms with Crippen molar-refractivity contribution in [2.24, 2.45) is 0 Å². The predicted molar refractivity (Wildman–Crippen MR) is 98.6 cm³/mol. The number of carbonyl (C=O) groups excluding carboxylic acids is 1. The highest BCUT2D eigenvalue weighted by atomic mass is 32.2. The van der Waals surface area contributed by atoms with Crippen molar-refractivity contribution in [3.63, 3.8) is 0 Å². The van der Waals surface area contributed by atoms with Gasteiger partial charge in [-0.15, -0.1) is 0 Å². The summed E-state index contributed by atoms with van der Waals surface area (Å²) < 4.78 is 1.94. The van der Waals surface area contributed by atoms with Gasteiger partial charge in [0.25, 0.3) is 5.91 Å². The number of aliphatic hydroxyl groups is 1. The summed E-state index contributed by atoms with van der Waals surface area (Å²) >= 11 is 1.66. The number of aryl methyl sites for hydroxylation is 2. The van der Waals surface area contributed by atoms with Crippen molar-refractivity contribution in [2.75, 3.05) is 18.6 Å². The van der Waals surface area contributed by atoms with Gasteiger partial charge in [-0.2, -0.15) is 16.9 Å². The first-order valence-corrected chi connectivity index (χ1v) is 9.43. The van der Waals surface area contributed by atoms with Crippen LogP contribution in [-0.2, 0) is 6.54 Å². The number of hydrogen-bond acceptors (Lipinski definition) is 4. The summed E-state index contributed by atoms with van der Waals surface area (Å²) in [7, 11) is 0. The third kappa shape index (κ3) is 5.11. The van der Waals surface area contributed by atoms with Crippen molar-refractivity contribution in [1.29, 1.82) is 0 Å². The Hall–Kier alpha value is -1.79. The van der Waals surface area contributed by atoms with Crippen molar-refractivity contribution in [3.05, 3.63) is 52.8 Å². The molecule has 5 nitrogen and oxygen atoms in total. The highest BCUT2D eigenvalue weighted by molar-refractivity contribution is 7.98. The molecular weight excluding hydrogens is 322 g/mol. The molecule has 0 aliphatic carbocycles. The van der Waals surface area contributed by atoms with Crippen LogP contribution in [0.4, 0.5) is 0 Å². The smallest absolute Gasteiger partial charge is 0.251 e. The van der Waals surface area contributed by atoms with Crippen LogP contribution in [0.5, 0.6) is 0 Å². The molecule has 0 aliphatic rings. The number of hydrogen-bond donors (Lipinski definition) is 2. The number of carbonyl (C=O) groups is 1. The molecule has 2 N–H and O–H groups in total. The molecule has 0 spiro atoms. The molecule has 24 heavy (non-hydrogen) atoms. The van der Waals surface area contributed by atoms with E-state index in [9.17, 15) is 4.79 Å². The maximum atomic E-state index is 12.5. The van der Waals surface area contributed by atoms with Gasteiger partial charge < -0.3 is 10.4 Å². The number of aliphatic hydroxyl groups excluding tert-OH is 1. The predicted octanol–water partition coefficient (Wildman–Crippen LogP) is 2.39. The van der Waals surface area contributed by atoms with E-state index in [2.05, 4.69) is 10.4 Å². The lowest BCUT2D eigenvalue weighted by Crippen LogP contribution is -2.37. The van der Waals surface area contributed by atoms with Gasteiger partial charge in [0.2, 0.25) is 0 Å². The molecule has 130 valence electrons. The zero-order valence-corrected chi connectivity index (χ0v) is 15.3. The third-order valence-corrected chi connectivity index (χ3v) is 4.54. The van der Waals surface area contributed by atoms with Gasteiger partial charge in [0, 0.05) is 29.7 Å². The summed E-state index contributed by atoms with van der Waals surface area (Å²) in [6, 6.07) is 9.64. The van der Waals surface area contributed by atoms with E-state index in [4.69, 9.17) is 5.11 Å². The molecule has 1 heterocycles. The summed E-state index contributed by atoms with van der Waals surface area (Å²) in [5.74, 6) is 0.690. The molecule has 1 amide bonds. The summed E-state index contributed by atoms with van der Waals surface area (Å²) in [6.45, 7) is 4.72. The molecular formula is C18H25N3O2S. The Morgan fingerprint density at radius 2 is 2.17 bits per heavy atom. The van der Waals surface area contributed by atoms with Crippen molar-refractivity contribution in [2.45, 2.75) is 32.9 Å². The van der Waals surface area contributed by atoms with E-state index in [1.54, 1.807) is 11.8 Å². The Bertz CT molecular complexity index is 679. The summed E-state index contributed by atoms with van der Waals surface area (Å²) in [4.78, 5) is 12.5. The van der Waals surface area contributed by atoms with Gasteiger partial charge in [0.05, 0.1) is 12.2 Å². The molecule has 0 fully saturated rings. The van der Waals surface area contributed by atoms with E-state index in [1.165, 1.54) is 0 Å². The molecule has 0 saturated heterocycles. The fourth-order valence-electron chi connectivity index (χ4n) is 2.64. The topological polar surface area (TPSA) is 67.2 Å². The lowest BCUT2D eigenvalue weighted by atomic mass is 10.1. The number of rotatable bonds is 8. The molecule has 1 unspecified atom stereocenters. The number of benzene rings is 1. The number of amides is 1. The first kappa shape index (κ1) is 18.5. The monoisotopic (exact) mass is 347 g/mol. The second kappa shape index (κ2) is 8.89. The van der Waals surface area contributed by atoms with Gasteiger partial charge in [-0.3, -0.25) is 9.48 Å². The van der Waals surface area contributed by atoms with Crippen LogP contribution in [0.15, 0.2) is 30.3 Å². The van der Waals surface area contributed by atoms with Crippen molar-refractivity contribution in [3.8, 4) is 0 Å². The van der Waals surface area contributed by atoms with E-state index in [-0.39, 0.29) is 18.6 Å². The van der Waals surface area contributed by atoms with Crippen molar-refractivity contribution in [1.82, 2.24) is 15.1 Å². The SMILES string of the molecule is CSCC(CCO)NC(=O)c1cccc(Cn2nc(C)cc2C)c1. The van der Waals surface area contributed by atoms with Gasteiger partial charge in [0.1, 0.15) is 0 Å². The zero-order valence-electron chi connectivity index (χ0n) is 14.5. The summed E-state index contributed by atoms with van der Waals surface area (Å²) in [6.07, 6.45) is 2.56. The molecule has 1 atom stereocenters. The molecule has 2 aromatic rings. The summed E-state index contributed by atoms with van der Waals surface area (Å²) in [5, 5.41) is 16.6. The van der Waals surface area contributed by atoms with Gasteiger partial charge >= 0.3 is 0 Å². The number of nitrogens with zero attached hydrogens (tertiary/aromatic N) is 2. The van der Waals surface area contributed by atoms with E-state index >= 15 is 0 Å².